The second-order valence-corrected chi connectivity index (χ2v) is 4.75. The van der Waals surface area contributed by atoms with Crippen LogP contribution in [0.5, 0.6) is 0 Å². The van der Waals surface area contributed by atoms with E-state index in [4.69, 9.17) is 4.74 Å². The van der Waals surface area contributed by atoms with Gasteiger partial charge in [-0.3, -0.25) is 9.79 Å². The molecule has 0 amide bonds. The summed E-state index contributed by atoms with van der Waals surface area (Å²) in [7, 11) is 0. The van der Waals surface area contributed by atoms with Crippen LogP contribution in [0.15, 0.2) is 41.4 Å². The van der Waals surface area contributed by atoms with Gasteiger partial charge in [0.2, 0.25) is 0 Å². The van der Waals surface area contributed by atoms with Gasteiger partial charge in [0.15, 0.2) is 11.6 Å². The molecule has 0 aromatic heterocycles. The molecule has 0 aliphatic carbocycles. The van der Waals surface area contributed by atoms with Crippen LogP contribution in [0.4, 0.5) is 13.2 Å². The molecular weight excluding hydrogens is 295 g/mol. The third kappa shape index (κ3) is 2.72. The molecule has 0 unspecified atom stereocenters. The van der Waals surface area contributed by atoms with E-state index in [1.807, 2.05) is 0 Å². The number of carbonyl (C=O) groups is 1. The van der Waals surface area contributed by atoms with Gasteiger partial charge in [-0.2, -0.15) is 0 Å². The number of aliphatic imine (C=N–C) groups is 1. The molecule has 1 heterocycles. The van der Waals surface area contributed by atoms with Gasteiger partial charge in [-0.1, -0.05) is 18.2 Å². The molecule has 0 spiro atoms. The zero-order valence-electron chi connectivity index (χ0n) is 11.3. The van der Waals surface area contributed by atoms with Crippen molar-refractivity contribution in [2.24, 2.45) is 4.99 Å². The molecule has 0 radical (unpaired) electrons. The Labute approximate surface area is 124 Å². The van der Waals surface area contributed by atoms with E-state index >= 15 is 0 Å². The standard InChI is InChI=1S/C16H10F3NO2/c17-12-4-2-9(5-14(12)19)11-3-1-10(6-13(11)18)15-8-22-16(21)7-20-15/h1-6H,7-8H2. The third-order valence-electron chi connectivity index (χ3n) is 3.30. The molecule has 3 rings (SSSR count). The lowest BCUT2D eigenvalue weighted by atomic mass is 10.0. The van der Waals surface area contributed by atoms with Crippen LogP contribution in [0.3, 0.4) is 0 Å². The number of esters is 1. The SMILES string of the molecule is O=C1CN=C(c2ccc(-c3ccc(F)c(F)c3)c(F)c2)CO1. The van der Waals surface area contributed by atoms with Crippen molar-refractivity contribution in [1.29, 1.82) is 0 Å². The lowest BCUT2D eigenvalue weighted by molar-refractivity contribution is -0.140. The van der Waals surface area contributed by atoms with Crippen LogP contribution in [0.2, 0.25) is 0 Å². The van der Waals surface area contributed by atoms with E-state index in [0.29, 0.717) is 11.3 Å². The highest BCUT2D eigenvalue weighted by atomic mass is 19.2. The summed E-state index contributed by atoms with van der Waals surface area (Å²) in [6, 6.07) is 7.47. The van der Waals surface area contributed by atoms with E-state index < -0.39 is 23.4 Å². The number of nitrogens with zero attached hydrogens (tertiary/aromatic N) is 1. The molecule has 112 valence electrons. The number of cyclic esters (lactones) is 1. The first-order chi connectivity index (χ1) is 10.5. The Morgan fingerprint density at radius 2 is 1.64 bits per heavy atom. The lowest BCUT2D eigenvalue weighted by Crippen LogP contribution is -2.23. The van der Waals surface area contributed by atoms with Crippen LogP contribution in [-0.2, 0) is 9.53 Å². The summed E-state index contributed by atoms with van der Waals surface area (Å²) >= 11 is 0. The summed E-state index contributed by atoms with van der Waals surface area (Å²) in [6.45, 7) is -0.106. The number of ether oxygens (including phenoxy) is 1. The first-order valence-corrected chi connectivity index (χ1v) is 6.49. The molecule has 0 atom stereocenters. The van der Waals surface area contributed by atoms with Gasteiger partial charge in [0.25, 0.3) is 0 Å². The fraction of sp³-hybridized carbons (Fsp3) is 0.125. The normalized spacial score (nSPS) is 14.5. The van der Waals surface area contributed by atoms with Crippen molar-refractivity contribution in [3.05, 3.63) is 59.4 Å². The summed E-state index contributed by atoms with van der Waals surface area (Å²) < 4.78 is 45.2. The summed E-state index contributed by atoms with van der Waals surface area (Å²) in [5.74, 6) is -3.05. The Morgan fingerprint density at radius 3 is 2.27 bits per heavy atom. The zero-order chi connectivity index (χ0) is 15.7. The average molecular weight is 305 g/mol. The Bertz CT molecular complexity index is 787. The molecule has 0 saturated heterocycles. The highest BCUT2D eigenvalue weighted by Gasteiger charge is 2.16. The zero-order valence-corrected chi connectivity index (χ0v) is 11.3. The molecule has 3 nitrogen and oxygen atoms in total. The van der Waals surface area contributed by atoms with Gasteiger partial charge in [-0.05, 0) is 23.8 Å². The molecule has 1 aliphatic rings. The van der Waals surface area contributed by atoms with E-state index in [9.17, 15) is 18.0 Å². The minimum atomic E-state index is -1.04. The summed E-state index contributed by atoms with van der Waals surface area (Å²) in [5, 5.41) is 0. The molecule has 0 bridgehead atoms. The Hall–Kier alpha value is -2.63. The third-order valence-corrected chi connectivity index (χ3v) is 3.30. The first-order valence-electron chi connectivity index (χ1n) is 6.49. The van der Waals surface area contributed by atoms with Crippen molar-refractivity contribution >= 4 is 11.7 Å². The van der Waals surface area contributed by atoms with Crippen molar-refractivity contribution in [1.82, 2.24) is 0 Å². The van der Waals surface area contributed by atoms with E-state index in [0.717, 1.165) is 12.1 Å². The number of halogens is 3. The number of rotatable bonds is 2. The van der Waals surface area contributed by atoms with Crippen LogP contribution in [-0.4, -0.2) is 24.8 Å². The smallest absolute Gasteiger partial charge is 0.328 e. The molecule has 1 aliphatic heterocycles. The van der Waals surface area contributed by atoms with Gasteiger partial charge in [0, 0.05) is 11.1 Å². The van der Waals surface area contributed by atoms with Crippen LogP contribution in [0.1, 0.15) is 5.56 Å². The monoisotopic (exact) mass is 305 g/mol. The van der Waals surface area contributed by atoms with Crippen molar-refractivity contribution in [2.45, 2.75) is 0 Å². The van der Waals surface area contributed by atoms with Crippen LogP contribution < -0.4 is 0 Å². The average Bonchev–Trinajstić information content (AvgIpc) is 2.51. The summed E-state index contributed by atoms with van der Waals surface area (Å²) in [6.07, 6.45) is 0. The molecule has 0 N–H and O–H groups in total. The van der Waals surface area contributed by atoms with Gasteiger partial charge in [0.05, 0.1) is 5.71 Å². The van der Waals surface area contributed by atoms with Crippen LogP contribution in [0, 0.1) is 17.5 Å². The number of carbonyl (C=O) groups excluding carboxylic acids is 1. The van der Waals surface area contributed by atoms with Gasteiger partial charge >= 0.3 is 5.97 Å². The molecule has 6 heteroatoms. The fourth-order valence-corrected chi connectivity index (χ4v) is 2.17. The Morgan fingerprint density at radius 1 is 0.909 bits per heavy atom. The van der Waals surface area contributed by atoms with Crippen molar-refractivity contribution in [3.63, 3.8) is 0 Å². The minimum Gasteiger partial charge on any atom is -0.458 e. The van der Waals surface area contributed by atoms with E-state index in [2.05, 4.69) is 4.99 Å². The van der Waals surface area contributed by atoms with E-state index in [1.54, 1.807) is 6.07 Å². The van der Waals surface area contributed by atoms with Gasteiger partial charge < -0.3 is 4.74 Å². The summed E-state index contributed by atoms with van der Waals surface area (Å²) in [4.78, 5) is 15.0. The minimum absolute atomic E-state index is 0.0111. The molecule has 22 heavy (non-hydrogen) atoms. The number of hydrogen-bond acceptors (Lipinski definition) is 3. The van der Waals surface area contributed by atoms with Crippen molar-refractivity contribution in [2.75, 3.05) is 13.2 Å². The second-order valence-electron chi connectivity index (χ2n) is 4.75. The van der Waals surface area contributed by atoms with Crippen molar-refractivity contribution in [3.8, 4) is 11.1 Å². The number of hydrogen-bond donors (Lipinski definition) is 0. The van der Waals surface area contributed by atoms with Gasteiger partial charge in [-0.25, -0.2) is 13.2 Å². The predicted octanol–water partition coefficient (Wildman–Crippen LogP) is 3.12. The lowest BCUT2D eigenvalue weighted by Gasteiger charge is -2.13. The molecule has 2 aromatic carbocycles. The van der Waals surface area contributed by atoms with Gasteiger partial charge in [-0.15, -0.1) is 0 Å². The predicted molar refractivity (Wildman–Crippen MR) is 74.1 cm³/mol. The molecule has 2 aromatic rings. The largest absolute Gasteiger partial charge is 0.458 e. The summed E-state index contributed by atoms with van der Waals surface area (Å²) in [5.41, 5.74) is 1.34. The molecular formula is C16H10F3NO2. The molecule has 0 fully saturated rings. The molecule has 0 saturated carbocycles. The Kier molecular flexibility index (Phi) is 3.66. The maximum atomic E-state index is 14.2. The number of benzene rings is 2. The maximum absolute atomic E-state index is 14.2. The van der Waals surface area contributed by atoms with E-state index in [-0.39, 0.29) is 24.3 Å². The highest BCUT2D eigenvalue weighted by molar-refractivity contribution is 6.04. The topological polar surface area (TPSA) is 38.7 Å². The Balaban J connectivity index is 1.95. The van der Waals surface area contributed by atoms with E-state index in [1.165, 1.54) is 18.2 Å². The van der Waals surface area contributed by atoms with Crippen LogP contribution in [0.25, 0.3) is 11.1 Å². The van der Waals surface area contributed by atoms with Crippen LogP contribution >= 0.6 is 0 Å². The van der Waals surface area contributed by atoms with Crippen molar-refractivity contribution < 1.29 is 22.7 Å². The maximum Gasteiger partial charge on any atom is 0.328 e. The van der Waals surface area contributed by atoms with Gasteiger partial charge in [0.1, 0.15) is 19.0 Å². The fourth-order valence-electron chi connectivity index (χ4n) is 2.17. The quantitative estimate of drug-likeness (QED) is 0.800. The second kappa shape index (κ2) is 5.63. The highest BCUT2D eigenvalue weighted by Crippen LogP contribution is 2.25. The first kappa shape index (κ1) is 14.3.